The molecule has 0 saturated carbocycles. The molecule has 3 aliphatic carbocycles. The van der Waals surface area contributed by atoms with E-state index in [0.29, 0.717) is 11.1 Å². The van der Waals surface area contributed by atoms with E-state index in [9.17, 15) is 0 Å². The molecule has 10 aromatic carbocycles. The lowest BCUT2D eigenvalue weighted by Gasteiger charge is -2.35. The number of para-hydroxylation sites is 2. The zero-order valence-corrected chi connectivity index (χ0v) is 43.8. The van der Waals surface area contributed by atoms with E-state index in [0.717, 1.165) is 78.7 Å². The highest BCUT2D eigenvalue weighted by atomic mass is 16.1. The van der Waals surface area contributed by atoms with Crippen molar-refractivity contribution in [2.45, 2.75) is 24.7 Å². The van der Waals surface area contributed by atoms with Crippen molar-refractivity contribution in [3.63, 3.8) is 0 Å². The Morgan fingerprint density at radius 1 is 0.385 bits per heavy atom. The lowest BCUT2D eigenvalue weighted by molar-refractivity contribution is 0.103. The van der Waals surface area contributed by atoms with E-state index in [4.69, 9.17) is 0 Å². The molecule has 0 bridgehead atoms. The number of hydrogen-bond acceptors (Lipinski definition) is 3. The van der Waals surface area contributed by atoms with Crippen molar-refractivity contribution in [2.75, 3.05) is 9.80 Å². The number of carbonyl (C=O) groups excluding carboxylic acids is 1. The summed E-state index contributed by atoms with van der Waals surface area (Å²) in [6.07, 6.45) is 12.0. The first kappa shape index (κ1) is 47.9. The Morgan fingerprint density at radius 2 is 0.744 bits per heavy atom. The molecule has 1 unspecified atom stereocenters. The first-order valence-corrected chi connectivity index (χ1v) is 26.8. The summed E-state index contributed by atoms with van der Waals surface area (Å²) in [6.45, 7) is 12.4. The number of ketones is 1. The highest BCUT2D eigenvalue weighted by Gasteiger charge is 2.52. The first-order valence-electron chi connectivity index (χ1n) is 26.8. The highest BCUT2D eigenvalue weighted by Crippen LogP contribution is 2.63. The molecule has 0 radical (unpaired) electrons. The second-order valence-electron chi connectivity index (χ2n) is 20.2. The molecular weight excluding hydrogens is 945 g/mol. The van der Waals surface area contributed by atoms with Crippen LogP contribution in [0.15, 0.2) is 304 Å². The maximum Gasteiger partial charge on any atom is 0.193 e. The minimum absolute atomic E-state index is 0.0207. The van der Waals surface area contributed by atoms with Gasteiger partial charge in [-0.25, -0.2) is 0 Å². The van der Waals surface area contributed by atoms with Gasteiger partial charge in [-0.05, 0) is 171 Å². The molecule has 10 aromatic rings. The smallest absolute Gasteiger partial charge is 0.193 e. The van der Waals surface area contributed by atoms with Gasteiger partial charge in [0.2, 0.25) is 0 Å². The fourth-order valence-electron chi connectivity index (χ4n) is 13.2. The van der Waals surface area contributed by atoms with Gasteiger partial charge in [-0.2, -0.15) is 0 Å². The van der Waals surface area contributed by atoms with Crippen molar-refractivity contribution in [1.82, 2.24) is 0 Å². The molecule has 3 nitrogen and oxygen atoms in total. The van der Waals surface area contributed by atoms with Crippen molar-refractivity contribution in [3.05, 3.63) is 359 Å². The molecule has 0 aliphatic heterocycles. The molecular formula is C75H56N2O. The summed E-state index contributed by atoms with van der Waals surface area (Å²) in [5, 5.41) is 0. The second-order valence-corrected chi connectivity index (χ2v) is 20.2. The van der Waals surface area contributed by atoms with E-state index in [1.54, 1.807) is 6.08 Å². The third-order valence-corrected chi connectivity index (χ3v) is 16.4. The van der Waals surface area contributed by atoms with Crippen LogP contribution in [0.1, 0.15) is 74.3 Å². The summed E-state index contributed by atoms with van der Waals surface area (Å²) < 4.78 is 0. The standard InChI is InChI=1S/C75H56N2O/c1-5-23-55(7-3)76(57-25-11-9-12-26-57)59-43-39-53(40-44-59)74(54-41-45-60(46-42-54)77(56(8-4)24-6-2)58-27-13-10-14-28-58)67-33-19-15-31-63(67)65-47-37-51(49-71(65)74)73(78)52-38-48-66-64-32-18-22-36-70(64)75(72(66)50-52)68-34-20-16-29-61(68)62-30-17-21-35-69(62)75/h5-50H,1,3H2,2,4H3/b24-6-,55-23+,56-8+. The molecule has 78 heavy (non-hydrogen) atoms. The van der Waals surface area contributed by atoms with Gasteiger partial charge in [0.05, 0.1) is 10.8 Å². The van der Waals surface area contributed by atoms with E-state index < -0.39 is 10.8 Å². The number of hydrogen-bond donors (Lipinski definition) is 0. The number of allylic oxidation sites excluding steroid dienone is 6. The van der Waals surface area contributed by atoms with Gasteiger partial charge in [0, 0.05) is 45.3 Å². The van der Waals surface area contributed by atoms with Gasteiger partial charge < -0.3 is 9.80 Å². The Bertz CT molecular complexity index is 4040. The number of rotatable bonds is 13. The van der Waals surface area contributed by atoms with Crippen molar-refractivity contribution < 1.29 is 4.79 Å². The third kappa shape index (κ3) is 7.16. The number of carbonyl (C=O) groups is 1. The monoisotopic (exact) mass is 1000 g/mol. The van der Waals surface area contributed by atoms with Crippen molar-refractivity contribution in [3.8, 4) is 33.4 Å². The molecule has 0 fully saturated rings. The van der Waals surface area contributed by atoms with Crippen LogP contribution in [0.4, 0.5) is 22.7 Å². The van der Waals surface area contributed by atoms with E-state index in [-0.39, 0.29) is 5.78 Å². The highest BCUT2D eigenvalue weighted by molar-refractivity contribution is 6.11. The van der Waals surface area contributed by atoms with Crippen molar-refractivity contribution in [1.29, 1.82) is 0 Å². The number of fused-ring (bicyclic) bond motifs is 13. The fraction of sp³-hybridized carbons (Fsp3) is 0.0533. The summed E-state index contributed by atoms with van der Waals surface area (Å²) in [6, 6.07) is 86.9. The van der Waals surface area contributed by atoms with Crippen molar-refractivity contribution in [2.24, 2.45) is 0 Å². The summed E-state index contributed by atoms with van der Waals surface area (Å²) >= 11 is 0. The van der Waals surface area contributed by atoms with Gasteiger partial charge in [0.25, 0.3) is 0 Å². The molecule has 0 amide bonds. The van der Waals surface area contributed by atoms with E-state index in [2.05, 4.69) is 279 Å². The topological polar surface area (TPSA) is 23.6 Å². The normalized spacial score (nSPS) is 15.2. The molecule has 372 valence electrons. The average molecular weight is 1000 g/mol. The minimum atomic E-state index is -0.833. The zero-order chi connectivity index (χ0) is 53.0. The maximum atomic E-state index is 15.7. The predicted molar refractivity (Wildman–Crippen MR) is 324 cm³/mol. The Morgan fingerprint density at radius 3 is 1.14 bits per heavy atom. The van der Waals surface area contributed by atoms with E-state index in [1.165, 1.54) is 33.4 Å². The van der Waals surface area contributed by atoms with Crippen LogP contribution < -0.4 is 9.80 Å². The molecule has 0 saturated heterocycles. The Balaban J connectivity index is 1.00. The van der Waals surface area contributed by atoms with Crippen LogP contribution >= 0.6 is 0 Å². The molecule has 0 aromatic heterocycles. The molecule has 0 N–H and O–H groups in total. The van der Waals surface area contributed by atoms with Crippen LogP contribution in [0.25, 0.3) is 33.4 Å². The van der Waals surface area contributed by atoms with E-state index in [1.807, 2.05) is 30.4 Å². The Hall–Kier alpha value is -9.83. The van der Waals surface area contributed by atoms with Crippen LogP contribution in [0, 0.1) is 0 Å². The van der Waals surface area contributed by atoms with Gasteiger partial charge in [-0.1, -0.05) is 213 Å². The van der Waals surface area contributed by atoms with Gasteiger partial charge in [0.1, 0.15) is 0 Å². The summed E-state index contributed by atoms with van der Waals surface area (Å²) in [4.78, 5) is 20.2. The average Bonchev–Trinajstić information content (AvgIpc) is 3.44. The van der Waals surface area contributed by atoms with Gasteiger partial charge in [-0.15, -0.1) is 0 Å². The van der Waals surface area contributed by atoms with Gasteiger partial charge in [0.15, 0.2) is 5.78 Å². The number of benzene rings is 10. The lowest BCUT2D eigenvalue weighted by atomic mass is 9.67. The predicted octanol–water partition coefficient (Wildman–Crippen LogP) is 18.6. The largest absolute Gasteiger partial charge is 0.311 e. The van der Waals surface area contributed by atoms with Crippen LogP contribution in [-0.2, 0) is 10.8 Å². The SMILES string of the molecule is C=C/C=C(\C=C)N(c1ccccc1)c1ccc(C2(c3ccc(N(C(/C=C\C)=C/C)c4ccccc4)cc3)c3ccccc3-c3ccc(C(=O)c4ccc5c(c4)C4(c6ccccc6-c6ccccc64)c4ccccc4-5)cc32)cc1. The lowest BCUT2D eigenvalue weighted by Crippen LogP contribution is -2.29. The molecule has 13 rings (SSSR count). The van der Waals surface area contributed by atoms with Crippen LogP contribution in [-0.4, -0.2) is 5.78 Å². The first-order chi connectivity index (χ1) is 38.4. The number of nitrogens with zero attached hydrogens (tertiary/aromatic N) is 2. The molecule has 3 aliphatic rings. The van der Waals surface area contributed by atoms with Crippen LogP contribution in [0.3, 0.4) is 0 Å². The van der Waals surface area contributed by atoms with E-state index >= 15 is 4.79 Å². The minimum Gasteiger partial charge on any atom is -0.311 e. The third-order valence-electron chi connectivity index (χ3n) is 16.4. The van der Waals surface area contributed by atoms with Crippen LogP contribution in [0.2, 0.25) is 0 Å². The van der Waals surface area contributed by atoms with Crippen molar-refractivity contribution >= 4 is 28.5 Å². The quantitative estimate of drug-likeness (QED) is 0.0849. The molecule has 3 heteroatoms. The second kappa shape index (κ2) is 19.4. The Labute approximate surface area is 458 Å². The summed E-state index contributed by atoms with van der Waals surface area (Å²) in [5.41, 5.74) is 22.3. The summed E-state index contributed by atoms with van der Waals surface area (Å²) in [5.74, 6) is -0.0207. The fourth-order valence-corrected chi connectivity index (χ4v) is 13.2. The van der Waals surface area contributed by atoms with Gasteiger partial charge >= 0.3 is 0 Å². The molecule has 1 atom stereocenters. The van der Waals surface area contributed by atoms with Gasteiger partial charge in [-0.3, -0.25) is 4.79 Å². The number of anilines is 4. The Kier molecular flexibility index (Phi) is 11.9. The molecule has 0 heterocycles. The zero-order valence-electron chi connectivity index (χ0n) is 43.8. The van der Waals surface area contributed by atoms with Crippen LogP contribution in [0.5, 0.6) is 0 Å². The molecule has 1 spiro atoms. The summed E-state index contributed by atoms with van der Waals surface area (Å²) in [7, 11) is 0. The maximum absolute atomic E-state index is 15.7.